The normalized spacial score (nSPS) is 20.9. The van der Waals surface area contributed by atoms with Crippen molar-refractivity contribution in [1.29, 1.82) is 0 Å². The largest absolute Gasteiger partial charge is 0.240 e. The van der Waals surface area contributed by atoms with Gasteiger partial charge in [-0.1, -0.05) is 48.0 Å². The van der Waals surface area contributed by atoms with Crippen LogP contribution in [0.1, 0.15) is 18.4 Å². The molecule has 126 valence electrons. The van der Waals surface area contributed by atoms with Gasteiger partial charge in [-0.3, -0.25) is 0 Å². The molecule has 2 aromatic rings. The van der Waals surface area contributed by atoms with E-state index in [1.165, 1.54) is 0 Å². The Bertz CT molecular complexity index is 799. The van der Waals surface area contributed by atoms with Gasteiger partial charge in [-0.25, -0.2) is 13.1 Å². The quantitative estimate of drug-likeness (QED) is 0.816. The highest BCUT2D eigenvalue weighted by Gasteiger charge is 2.28. The maximum atomic E-state index is 12.7. The van der Waals surface area contributed by atoms with E-state index in [-0.39, 0.29) is 11.3 Å². The molecule has 5 heteroatoms. The Morgan fingerprint density at radius 1 is 0.958 bits per heavy atom. The number of nitrogens with one attached hydrogen (secondary N) is 1. The van der Waals surface area contributed by atoms with Gasteiger partial charge in [0.2, 0.25) is 10.0 Å². The number of allylic oxidation sites excluding steroid dienone is 1. The molecule has 0 amide bonds. The minimum atomic E-state index is -3.50. The Balaban J connectivity index is 1.76. The standard InChI is InChI=1S/C19H21NO2S2/c1-15-11-13-17(14-12-15)24(21,22)20-18-9-5-6-10-19(18)23-16-7-3-2-4-8-16/h2-8,11-14,18-20H,9-10H2,1H3/t18-,19-/m0/s1. The SMILES string of the molecule is Cc1ccc(S(=O)(=O)N[C@H]2CC=CC[C@@H]2Sc2ccccc2)cc1. The summed E-state index contributed by atoms with van der Waals surface area (Å²) in [6.45, 7) is 1.95. The van der Waals surface area contributed by atoms with Crippen molar-refractivity contribution >= 4 is 21.8 Å². The number of aryl methyl sites for hydroxylation is 1. The molecule has 2 atom stereocenters. The van der Waals surface area contributed by atoms with Gasteiger partial charge in [-0.15, -0.1) is 11.8 Å². The van der Waals surface area contributed by atoms with E-state index in [9.17, 15) is 8.42 Å². The first-order valence-electron chi connectivity index (χ1n) is 8.00. The summed E-state index contributed by atoms with van der Waals surface area (Å²) in [5.74, 6) is 0. The molecule has 0 saturated carbocycles. The highest BCUT2D eigenvalue weighted by Crippen LogP contribution is 2.32. The molecule has 3 rings (SSSR count). The zero-order chi connectivity index (χ0) is 17.0. The molecule has 0 radical (unpaired) electrons. The van der Waals surface area contributed by atoms with Crippen LogP contribution in [0.25, 0.3) is 0 Å². The molecule has 24 heavy (non-hydrogen) atoms. The third-order valence-electron chi connectivity index (χ3n) is 4.04. The van der Waals surface area contributed by atoms with Gasteiger partial charge < -0.3 is 0 Å². The van der Waals surface area contributed by atoms with Crippen LogP contribution in [-0.2, 0) is 10.0 Å². The lowest BCUT2D eigenvalue weighted by atomic mass is 10.0. The van der Waals surface area contributed by atoms with Crippen molar-refractivity contribution in [3.8, 4) is 0 Å². The lowest BCUT2D eigenvalue weighted by molar-refractivity contribution is 0.530. The van der Waals surface area contributed by atoms with Crippen LogP contribution in [0.4, 0.5) is 0 Å². The second kappa shape index (κ2) is 7.55. The van der Waals surface area contributed by atoms with Gasteiger partial charge in [-0.2, -0.15) is 0 Å². The summed E-state index contributed by atoms with van der Waals surface area (Å²) in [5, 5.41) is 0.192. The fourth-order valence-electron chi connectivity index (χ4n) is 2.70. The maximum absolute atomic E-state index is 12.7. The van der Waals surface area contributed by atoms with Gasteiger partial charge in [0.25, 0.3) is 0 Å². The van der Waals surface area contributed by atoms with Gasteiger partial charge in [-0.05, 0) is 44.0 Å². The first-order chi connectivity index (χ1) is 11.5. The minimum Gasteiger partial charge on any atom is -0.207 e. The van der Waals surface area contributed by atoms with Crippen LogP contribution in [0, 0.1) is 6.92 Å². The van der Waals surface area contributed by atoms with E-state index >= 15 is 0 Å². The van der Waals surface area contributed by atoms with Crippen LogP contribution in [0.15, 0.2) is 76.5 Å². The van der Waals surface area contributed by atoms with Crippen LogP contribution in [0.2, 0.25) is 0 Å². The van der Waals surface area contributed by atoms with E-state index in [1.807, 2.05) is 37.3 Å². The lowest BCUT2D eigenvalue weighted by Gasteiger charge is -2.28. The third kappa shape index (κ3) is 4.29. The van der Waals surface area contributed by atoms with Crippen LogP contribution < -0.4 is 4.72 Å². The highest BCUT2D eigenvalue weighted by molar-refractivity contribution is 8.00. The summed E-state index contributed by atoms with van der Waals surface area (Å²) < 4.78 is 28.2. The van der Waals surface area contributed by atoms with Crippen molar-refractivity contribution in [1.82, 2.24) is 4.72 Å². The summed E-state index contributed by atoms with van der Waals surface area (Å²) in [7, 11) is -3.50. The molecule has 0 aromatic heterocycles. The van der Waals surface area contributed by atoms with Crippen molar-refractivity contribution < 1.29 is 8.42 Å². The van der Waals surface area contributed by atoms with Crippen molar-refractivity contribution in [2.45, 2.75) is 40.8 Å². The topological polar surface area (TPSA) is 46.2 Å². The highest BCUT2D eigenvalue weighted by atomic mass is 32.2. The average Bonchev–Trinajstić information content (AvgIpc) is 2.58. The summed E-state index contributed by atoms with van der Waals surface area (Å²) in [4.78, 5) is 1.49. The van der Waals surface area contributed by atoms with E-state index in [1.54, 1.807) is 23.9 Å². The van der Waals surface area contributed by atoms with E-state index in [0.29, 0.717) is 4.90 Å². The van der Waals surface area contributed by atoms with Crippen molar-refractivity contribution in [2.24, 2.45) is 0 Å². The number of thioether (sulfide) groups is 1. The molecule has 0 heterocycles. The number of hydrogen-bond donors (Lipinski definition) is 1. The molecule has 1 aliphatic carbocycles. The summed E-state index contributed by atoms with van der Waals surface area (Å²) in [6, 6.07) is 17.0. The first-order valence-corrected chi connectivity index (χ1v) is 10.4. The predicted octanol–water partition coefficient (Wildman–Crippen LogP) is 4.15. The van der Waals surface area contributed by atoms with Crippen LogP contribution >= 0.6 is 11.8 Å². The molecule has 2 aromatic carbocycles. The van der Waals surface area contributed by atoms with Crippen LogP contribution in [0.3, 0.4) is 0 Å². The van der Waals surface area contributed by atoms with Gasteiger partial charge >= 0.3 is 0 Å². The Morgan fingerprint density at radius 2 is 1.62 bits per heavy atom. The van der Waals surface area contributed by atoms with E-state index in [2.05, 4.69) is 29.0 Å². The zero-order valence-electron chi connectivity index (χ0n) is 13.6. The molecular formula is C19H21NO2S2. The number of benzene rings is 2. The third-order valence-corrected chi connectivity index (χ3v) is 6.92. The van der Waals surface area contributed by atoms with Crippen LogP contribution in [0.5, 0.6) is 0 Å². The molecule has 0 unspecified atom stereocenters. The minimum absolute atomic E-state index is 0.105. The van der Waals surface area contributed by atoms with Gasteiger partial charge in [0.1, 0.15) is 0 Å². The lowest BCUT2D eigenvalue weighted by Crippen LogP contribution is -2.42. The number of rotatable bonds is 5. The second-order valence-electron chi connectivity index (χ2n) is 5.95. The molecule has 0 aliphatic heterocycles. The Morgan fingerprint density at radius 3 is 2.33 bits per heavy atom. The van der Waals surface area contributed by atoms with Gasteiger partial charge in [0.05, 0.1) is 4.90 Å². The average molecular weight is 360 g/mol. The van der Waals surface area contributed by atoms with Crippen LogP contribution in [-0.4, -0.2) is 19.7 Å². The van der Waals surface area contributed by atoms with Gasteiger partial charge in [0, 0.05) is 16.2 Å². The molecule has 1 N–H and O–H groups in total. The molecule has 0 fully saturated rings. The summed E-state index contributed by atoms with van der Waals surface area (Å²) in [5.41, 5.74) is 1.05. The van der Waals surface area contributed by atoms with Crippen molar-refractivity contribution in [3.63, 3.8) is 0 Å². The van der Waals surface area contributed by atoms with E-state index in [4.69, 9.17) is 0 Å². The Hall–Kier alpha value is -1.56. The predicted molar refractivity (Wildman–Crippen MR) is 99.7 cm³/mol. The molecular weight excluding hydrogens is 338 g/mol. The summed E-state index contributed by atoms with van der Waals surface area (Å²) >= 11 is 1.73. The molecule has 0 bridgehead atoms. The van der Waals surface area contributed by atoms with Crippen molar-refractivity contribution in [3.05, 3.63) is 72.3 Å². The van der Waals surface area contributed by atoms with E-state index < -0.39 is 10.0 Å². The maximum Gasteiger partial charge on any atom is 0.240 e. The Kier molecular flexibility index (Phi) is 5.43. The van der Waals surface area contributed by atoms with Crippen molar-refractivity contribution in [2.75, 3.05) is 0 Å². The molecule has 1 aliphatic rings. The number of hydrogen-bond acceptors (Lipinski definition) is 3. The zero-order valence-corrected chi connectivity index (χ0v) is 15.2. The second-order valence-corrected chi connectivity index (χ2v) is 8.98. The fraction of sp³-hybridized carbons (Fsp3) is 0.263. The monoisotopic (exact) mass is 359 g/mol. The Labute approximate surface area is 148 Å². The summed E-state index contributed by atoms with van der Waals surface area (Å²) in [6.07, 6.45) is 5.78. The number of sulfonamides is 1. The van der Waals surface area contributed by atoms with Gasteiger partial charge in [0.15, 0.2) is 0 Å². The first kappa shape index (κ1) is 17.3. The fourth-order valence-corrected chi connectivity index (χ4v) is 5.29. The van der Waals surface area contributed by atoms with E-state index in [0.717, 1.165) is 23.3 Å². The molecule has 3 nitrogen and oxygen atoms in total. The molecule has 0 saturated heterocycles. The smallest absolute Gasteiger partial charge is 0.207 e. The molecule has 0 spiro atoms.